The molecule has 0 fully saturated rings. The highest BCUT2D eigenvalue weighted by atomic mass is 16.5. The van der Waals surface area contributed by atoms with Crippen LogP contribution in [0.25, 0.3) is 0 Å². The molecule has 0 radical (unpaired) electrons. The maximum Gasteiger partial charge on any atom is 0.276 e. The minimum absolute atomic E-state index is 0.167. The SMILES string of the molecule is Cc1cccc(C(=O)NNC(=O)COc2c(C)cccc2C)c1. The number of carbonyl (C=O) groups excluding carboxylic acids is 2. The van der Waals surface area contributed by atoms with Gasteiger partial charge < -0.3 is 4.74 Å². The lowest BCUT2D eigenvalue weighted by molar-refractivity contribution is -0.123. The molecule has 120 valence electrons. The van der Waals surface area contributed by atoms with E-state index in [1.54, 1.807) is 18.2 Å². The first kappa shape index (κ1) is 16.5. The van der Waals surface area contributed by atoms with E-state index in [-0.39, 0.29) is 12.5 Å². The summed E-state index contributed by atoms with van der Waals surface area (Å²) in [5, 5.41) is 0. The van der Waals surface area contributed by atoms with E-state index in [1.807, 2.05) is 45.0 Å². The molecule has 2 rings (SSSR count). The second-order valence-electron chi connectivity index (χ2n) is 5.38. The topological polar surface area (TPSA) is 67.4 Å². The van der Waals surface area contributed by atoms with E-state index in [0.717, 1.165) is 16.7 Å². The number of aryl methyl sites for hydroxylation is 3. The zero-order valence-corrected chi connectivity index (χ0v) is 13.5. The Kier molecular flexibility index (Phi) is 5.36. The Morgan fingerprint density at radius 2 is 1.61 bits per heavy atom. The van der Waals surface area contributed by atoms with Gasteiger partial charge in [0.1, 0.15) is 5.75 Å². The number of hydrogen-bond acceptors (Lipinski definition) is 3. The summed E-state index contributed by atoms with van der Waals surface area (Å²) in [6.45, 7) is 5.56. The van der Waals surface area contributed by atoms with Gasteiger partial charge in [-0.25, -0.2) is 0 Å². The molecule has 2 aromatic rings. The van der Waals surface area contributed by atoms with Crippen molar-refractivity contribution in [3.63, 3.8) is 0 Å². The number of benzene rings is 2. The summed E-state index contributed by atoms with van der Waals surface area (Å²) < 4.78 is 5.52. The van der Waals surface area contributed by atoms with Crippen molar-refractivity contribution in [2.45, 2.75) is 20.8 Å². The van der Waals surface area contributed by atoms with Crippen molar-refractivity contribution in [1.29, 1.82) is 0 Å². The van der Waals surface area contributed by atoms with Crippen LogP contribution in [0.15, 0.2) is 42.5 Å². The molecule has 0 aromatic heterocycles. The molecule has 2 aromatic carbocycles. The highest BCUT2D eigenvalue weighted by Gasteiger charge is 2.09. The first-order chi connectivity index (χ1) is 11.0. The van der Waals surface area contributed by atoms with E-state index >= 15 is 0 Å². The van der Waals surface area contributed by atoms with Gasteiger partial charge in [0.15, 0.2) is 6.61 Å². The van der Waals surface area contributed by atoms with Gasteiger partial charge in [-0.05, 0) is 44.0 Å². The predicted molar refractivity (Wildman–Crippen MR) is 88.2 cm³/mol. The first-order valence-corrected chi connectivity index (χ1v) is 7.32. The number of hydrazine groups is 1. The Hall–Kier alpha value is -2.82. The van der Waals surface area contributed by atoms with Crippen LogP contribution in [0.1, 0.15) is 27.0 Å². The van der Waals surface area contributed by atoms with Gasteiger partial charge >= 0.3 is 0 Å². The van der Waals surface area contributed by atoms with Crippen LogP contribution in [0.4, 0.5) is 0 Å². The zero-order valence-electron chi connectivity index (χ0n) is 13.5. The Morgan fingerprint density at radius 1 is 0.957 bits per heavy atom. The average molecular weight is 312 g/mol. The van der Waals surface area contributed by atoms with Crippen molar-refractivity contribution >= 4 is 11.8 Å². The lowest BCUT2D eigenvalue weighted by atomic mass is 10.1. The third-order valence-electron chi connectivity index (χ3n) is 3.35. The van der Waals surface area contributed by atoms with Crippen LogP contribution in [0, 0.1) is 20.8 Å². The van der Waals surface area contributed by atoms with E-state index in [9.17, 15) is 9.59 Å². The number of amides is 2. The highest BCUT2D eigenvalue weighted by molar-refractivity contribution is 5.95. The Morgan fingerprint density at radius 3 is 2.26 bits per heavy atom. The lowest BCUT2D eigenvalue weighted by Gasteiger charge is -2.12. The highest BCUT2D eigenvalue weighted by Crippen LogP contribution is 2.21. The number of rotatable bonds is 4. The number of hydrogen-bond donors (Lipinski definition) is 2. The predicted octanol–water partition coefficient (Wildman–Crippen LogP) is 2.45. The summed E-state index contributed by atoms with van der Waals surface area (Å²) in [6, 6.07) is 12.9. The van der Waals surface area contributed by atoms with E-state index in [1.165, 1.54) is 0 Å². The van der Waals surface area contributed by atoms with Crippen molar-refractivity contribution < 1.29 is 14.3 Å². The molecule has 0 atom stereocenters. The van der Waals surface area contributed by atoms with E-state index in [0.29, 0.717) is 11.3 Å². The quantitative estimate of drug-likeness (QED) is 0.852. The molecule has 5 nitrogen and oxygen atoms in total. The van der Waals surface area contributed by atoms with Gasteiger partial charge in [0.25, 0.3) is 11.8 Å². The molecule has 0 bridgehead atoms. The van der Waals surface area contributed by atoms with Crippen LogP contribution in [-0.4, -0.2) is 18.4 Å². The maximum atomic E-state index is 11.9. The maximum absolute atomic E-state index is 11.9. The summed E-state index contributed by atoms with van der Waals surface area (Å²) in [7, 11) is 0. The fourth-order valence-corrected chi connectivity index (χ4v) is 2.19. The molecule has 0 saturated heterocycles. The molecule has 0 aliphatic carbocycles. The van der Waals surface area contributed by atoms with Gasteiger partial charge in [-0.2, -0.15) is 0 Å². The molecule has 0 unspecified atom stereocenters. The van der Waals surface area contributed by atoms with E-state index in [2.05, 4.69) is 10.9 Å². The van der Waals surface area contributed by atoms with Crippen molar-refractivity contribution in [3.8, 4) is 5.75 Å². The fourth-order valence-electron chi connectivity index (χ4n) is 2.19. The van der Waals surface area contributed by atoms with E-state index < -0.39 is 5.91 Å². The Bertz CT molecular complexity index is 706. The molecule has 2 amide bonds. The average Bonchev–Trinajstić information content (AvgIpc) is 2.52. The molecule has 2 N–H and O–H groups in total. The first-order valence-electron chi connectivity index (χ1n) is 7.32. The summed E-state index contributed by atoms with van der Waals surface area (Å²) in [5.74, 6) is -0.101. The summed E-state index contributed by atoms with van der Waals surface area (Å²) in [5.41, 5.74) is 8.10. The number of carbonyl (C=O) groups is 2. The lowest BCUT2D eigenvalue weighted by Crippen LogP contribution is -2.43. The molecule has 23 heavy (non-hydrogen) atoms. The van der Waals surface area contributed by atoms with Crippen molar-refractivity contribution in [3.05, 3.63) is 64.7 Å². The van der Waals surface area contributed by atoms with Gasteiger partial charge in [-0.3, -0.25) is 20.4 Å². The van der Waals surface area contributed by atoms with Crippen LogP contribution in [0.2, 0.25) is 0 Å². The fraction of sp³-hybridized carbons (Fsp3) is 0.222. The summed E-state index contributed by atoms with van der Waals surface area (Å²) in [6.07, 6.45) is 0. The summed E-state index contributed by atoms with van der Waals surface area (Å²) >= 11 is 0. The summed E-state index contributed by atoms with van der Waals surface area (Å²) in [4.78, 5) is 23.7. The Labute approximate surface area is 135 Å². The van der Waals surface area contributed by atoms with Gasteiger partial charge in [-0.15, -0.1) is 0 Å². The number of nitrogens with one attached hydrogen (secondary N) is 2. The van der Waals surface area contributed by atoms with Gasteiger partial charge in [0.05, 0.1) is 0 Å². The zero-order chi connectivity index (χ0) is 16.8. The molecule has 5 heteroatoms. The van der Waals surface area contributed by atoms with Crippen LogP contribution in [0.3, 0.4) is 0 Å². The molecule has 0 heterocycles. The van der Waals surface area contributed by atoms with Crippen molar-refractivity contribution in [1.82, 2.24) is 10.9 Å². The molecular weight excluding hydrogens is 292 g/mol. The Balaban J connectivity index is 1.85. The van der Waals surface area contributed by atoms with Crippen LogP contribution < -0.4 is 15.6 Å². The standard InChI is InChI=1S/C18H20N2O3/c1-12-6-4-9-15(10-12)18(22)20-19-16(21)11-23-17-13(2)7-5-8-14(17)3/h4-10H,11H2,1-3H3,(H,19,21)(H,20,22). The normalized spacial score (nSPS) is 10.0. The third-order valence-corrected chi connectivity index (χ3v) is 3.35. The van der Waals surface area contributed by atoms with Gasteiger partial charge in [0.2, 0.25) is 0 Å². The largest absolute Gasteiger partial charge is 0.483 e. The van der Waals surface area contributed by atoms with E-state index in [4.69, 9.17) is 4.74 Å². The third kappa shape index (κ3) is 4.57. The minimum atomic E-state index is -0.423. The molecular formula is C18H20N2O3. The molecule has 0 aliphatic heterocycles. The number of para-hydroxylation sites is 1. The van der Waals surface area contributed by atoms with Crippen LogP contribution in [-0.2, 0) is 4.79 Å². The monoisotopic (exact) mass is 312 g/mol. The van der Waals surface area contributed by atoms with Crippen LogP contribution in [0.5, 0.6) is 5.75 Å². The smallest absolute Gasteiger partial charge is 0.276 e. The molecule has 0 aliphatic rings. The van der Waals surface area contributed by atoms with Gasteiger partial charge in [-0.1, -0.05) is 35.9 Å². The van der Waals surface area contributed by atoms with Crippen molar-refractivity contribution in [2.75, 3.05) is 6.61 Å². The van der Waals surface area contributed by atoms with Crippen molar-refractivity contribution in [2.24, 2.45) is 0 Å². The number of ether oxygens (including phenoxy) is 1. The van der Waals surface area contributed by atoms with Gasteiger partial charge in [0, 0.05) is 5.56 Å². The van der Waals surface area contributed by atoms with Crippen LogP contribution >= 0.6 is 0 Å². The second-order valence-corrected chi connectivity index (χ2v) is 5.38. The molecule has 0 saturated carbocycles. The molecule has 0 spiro atoms. The minimum Gasteiger partial charge on any atom is -0.483 e. The second kappa shape index (κ2) is 7.45.